The Kier molecular flexibility index (Phi) is 4.03. The number of rotatable bonds is 6. The smallest absolute Gasteiger partial charge is 0.120 e. The molecular formula is C18H21NO. The van der Waals surface area contributed by atoms with Crippen LogP contribution in [0, 0.1) is 5.92 Å². The van der Waals surface area contributed by atoms with Crippen LogP contribution in [0.4, 0.5) is 0 Å². The van der Waals surface area contributed by atoms with Crippen molar-refractivity contribution in [3.8, 4) is 5.75 Å². The maximum absolute atomic E-state index is 5.90. The predicted octanol–water partition coefficient (Wildman–Crippen LogP) is 3.94. The number of ether oxygens (including phenoxy) is 1. The van der Waals surface area contributed by atoms with E-state index in [0.29, 0.717) is 12.6 Å². The van der Waals surface area contributed by atoms with Crippen LogP contribution >= 0.6 is 0 Å². The fourth-order valence-corrected chi connectivity index (χ4v) is 2.64. The zero-order valence-electron chi connectivity index (χ0n) is 11.9. The van der Waals surface area contributed by atoms with Gasteiger partial charge in [0.05, 0.1) is 0 Å². The van der Waals surface area contributed by atoms with Crippen molar-refractivity contribution in [2.24, 2.45) is 5.92 Å². The van der Waals surface area contributed by atoms with E-state index in [1.165, 1.54) is 24.0 Å². The molecular weight excluding hydrogens is 246 g/mol. The number of benzene rings is 2. The Balaban J connectivity index is 1.68. The average Bonchev–Trinajstić information content (AvgIpc) is 3.32. The van der Waals surface area contributed by atoms with Crippen LogP contribution in [-0.4, -0.2) is 7.05 Å². The molecule has 2 aromatic rings. The molecule has 2 aromatic carbocycles. The van der Waals surface area contributed by atoms with E-state index in [1.807, 2.05) is 31.3 Å². The third-order valence-corrected chi connectivity index (χ3v) is 3.87. The van der Waals surface area contributed by atoms with Gasteiger partial charge in [0.15, 0.2) is 0 Å². The summed E-state index contributed by atoms with van der Waals surface area (Å²) >= 11 is 0. The number of hydrogen-bond donors (Lipinski definition) is 1. The molecule has 0 saturated heterocycles. The molecule has 20 heavy (non-hydrogen) atoms. The van der Waals surface area contributed by atoms with E-state index in [-0.39, 0.29) is 0 Å². The lowest BCUT2D eigenvalue weighted by Crippen LogP contribution is -2.18. The summed E-state index contributed by atoms with van der Waals surface area (Å²) in [4.78, 5) is 0. The molecule has 0 bridgehead atoms. The largest absolute Gasteiger partial charge is 0.489 e. The first kappa shape index (κ1) is 13.2. The molecule has 1 aliphatic rings. The van der Waals surface area contributed by atoms with Gasteiger partial charge in [0, 0.05) is 6.04 Å². The Hall–Kier alpha value is -1.80. The fraction of sp³-hybridized carbons (Fsp3) is 0.333. The van der Waals surface area contributed by atoms with Crippen molar-refractivity contribution in [1.82, 2.24) is 5.32 Å². The highest BCUT2D eigenvalue weighted by Gasteiger charge is 2.31. The summed E-state index contributed by atoms with van der Waals surface area (Å²) in [5.41, 5.74) is 2.53. The molecule has 0 radical (unpaired) electrons. The molecule has 0 spiro atoms. The molecule has 1 aliphatic carbocycles. The third kappa shape index (κ3) is 3.20. The van der Waals surface area contributed by atoms with E-state index in [0.717, 1.165) is 11.7 Å². The van der Waals surface area contributed by atoms with Crippen LogP contribution in [0.1, 0.15) is 30.0 Å². The zero-order chi connectivity index (χ0) is 13.8. The van der Waals surface area contributed by atoms with Crippen LogP contribution in [0.5, 0.6) is 5.75 Å². The predicted molar refractivity (Wildman–Crippen MR) is 81.7 cm³/mol. The average molecular weight is 267 g/mol. The minimum atomic E-state index is 0.468. The van der Waals surface area contributed by atoms with E-state index in [1.54, 1.807) is 0 Å². The van der Waals surface area contributed by atoms with E-state index in [2.05, 4.69) is 35.6 Å². The molecule has 1 fully saturated rings. The van der Waals surface area contributed by atoms with Gasteiger partial charge in [0.2, 0.25) is 0 Å². The van der Waals surface area contributed by atoms with E-state index in [4.69, 9.17) is 4.74 Å². The molecule has 0 amide bonds. The van der Waals surface area contributed by atoms with Crippen molar-refractivity contribution in [1.29, 1.82) is 0 Å². The van der Waals surface area contributed by atoms with Gasteiger partial charge in [-0.1, -0.05) is 42.5 Å². The highest BCUT2D eigenvalue weighted by Crippen LogP contribution is 2.41. The molecule has 0 heterocycles. The number of nitrogens with one attached hydrogen (secondary N) is 1. The molecule has 1 unspecified atom stereocenters. The van der Waals surface area contributed by atoms with Crippen LogP contribution in [-0.2, 0) is 6.61 Å². The standard InChI is InChI=1S/C18H21NO/c1-19-18(15-10-11-15)16-8-5-9-17(12-16)20-13-14-6-3-2-4-7-14/h2-9,12,15,18-19H,10-11,13H2,1H3. The molecule has 1 N–H and O–H groups in total. The van der Waals surface area contributed by atoms with Gasteiger partial charge in [-0.3, -0.25) is 0 Å². The summed E-state index contributed by atoms with van der Waals surface area (Å²) in [6, 6.07) is 19.2. The van der Waals surface area contributed by atoms with Crippen LogP contribution < -0.4 is 10.1 Å². The van der Waals surface area contributed by atoms with Crippen LogP contribution in [0.3, 0.4) is 0 Å². The maximum atomic E-state index is 5.90. The van der Waals surface area contributed by atoms with Crippen LogP contribution in [0.25, 0.3) is 0 Å². The summed E-state index contributed by atoms with van der Waals surface area (Å²) in [6.45, 7) is 0.623. The Bertz CT molecular complexity index is 548. The van der Waals surface area contributed by atoms with Crippen molar-refractivity contribution >= 4 is 0 Å². The molecule has 0 aromatic heterocycles. The Morgan fingerprint density at radius 1 is 1.10 bits per heavy atom. The monoisotopic (exact) mass is 267 g/mol. The highest BCUT2D eigenvalue weighted by molar-refractivity contribution is 5.32. The van der Waals surface area contributed by atoms with E-state index in [9.17, 15) is 0 Å². The second-order valence-corrected chi connectivity index (χ2v) is 5.45. The second kappa shape index (κ2) is 6.10. The van der Waals surface area contributed by atoms with Crippen molar-refractivity contribution in [3.05, 3.63) is 65.7 Å². The third-order valence-electron chi connectivity index (χ3n) is 3.87. The van der Waals surface area contributed by atoms with Gasteiger partial charge in [-0.25, -0.2) is 0 Å². The maximum Gasteiger partial charge on any atom is 0.120 e. The molecule has 1 saturated carbocycles. The van der Waals surface area contributed by atoms with Crippen LogP contribution in [0.15, 0.2) is 54.6 Å². The summed E-state index contributed by atoms with van der Waals surface area (Å²) in [7, 11) is 2.04. The lowest BCUT2D eigenvalue weighted by atomic mass is 10.0. The lowest BCUT2D eigenvalue weighted by molar-refractivity contribution is 0.305. The Labute approximate surface area is 120 Å². The molecule has 3 rings (SSSR count). The van der Waals surface area contributed by atoms with Gasteiger partial charge in [0.1, 0.15) is 12.4 Å². The summed E-state index contributed by atoms with van der Waals surface area (Å²) < 4.78 is 5.90. The quantitative estimate of drug-likeness (QED) is 0.856. The minimum Gasteiger partial charge on any atom is -0.489 e. The molecule has 2 nitrogen and oxygen atoms in total. The summed E-state index contributed by atoms with van der Waals surface area (Å²) in [5.74, 6) is 1.75. The SMILES string of the molecule is CNC(c1cccc(OCc2ccccc2)c1)C1CC1. The van der Waals surface area contributed by atoms with Gasteiger partial charge in [0.25, 0.3) is 0 Å². The molecule has 104 valence electrons. The van der Waals surface area contributed by atoms with Gasteiger partial charge in [-0.15, -0.1) is 0 Å². The van der Waals surface area contributed by atoms with E-state index >= 15 is 0 Å². The molecule has 1 atom stereocenters. The van der Waals surface area contributed by atoms with Gasteiger partial charge in [-0.2, -0.15) is 0 Å². The summed E-state index contributed by atoms with van der Waals surface area (Å²) in [6.07, 6.45) is 2.67. The first-order chi connectivity index (χ1) is 9.86. The van der Waals surface area contributed by atoms with E-state index < -0.39 is 0 Å². The van der Waals surface area contributed by atoms with Crippen molar-refractivity contribution in [2.75, 3.05) is 7.05 Å². The minimum absolute atomic E-state index is 0.468. The fourth-order valence-electron chi connectivity index (χ4n) is 2.64. The number of hydrogen-bond acceptors (Lipinski definition) is 2. The zero-order valence-corrected chi connectivity index (χ0v) is 11.9. The normalized spacial score (nSPS) is 15.8. The van der Waals surface area contributed by atoms with Crippen LogP contribution in [0.2, 0.25) is 0 Å². The summed E-state index contributed by atoms with van der Waals surface area (Å²) in [5, 5.41) is 3.43. The van der Waals surface area contributed by atoms with Gasteiger partial charge < -0.3 is 10.1 Å². The van der Waals surface area contributed by atoms with Gasteiger partial charge in [-0.05, 0) is 49.1 Å². The van der Waals surface area contributed by atoms with Gasteiger partial charge >= 0.3 is 0 Å². The second-order valence-electron chi connectivity index (χ2n) is 5.45. The Morgan fingerprint density at radius 3 is 2.60 bits per heavy atom. The highest BCUT2D eigenvalue weighted by atomic mass is 16.5. The molecule has 0 aliphatic heterocycles. The topological polar surface area (TPSA) is 21.3 Å². The first-order valence-electron chi connectivity index (χ1n) is 7.31. The lowest BCUT2D eigenvalue weighted by Gasteiger charge is -2.17. The van der Waals surface area contributed by atoms with Crippen molar-refractivity contribution < 1.29 is 4.74 Å². The van der Waals surface area contributed by atoms with Crippen molar-refractivity contribution in [2.45, 2.75) is 25.5 Å². The van der Waals surface area contributed by atoms with Crippen molar-refractivity contribution in [3.63, 3.8) is 0 Å². The molecule has 2 heteroatoms. The first-order valence-corrected chi connectivity index (χ1v) is 7.31. The Morgan fingerprint density at radius 2 is 1.90 bits per heavy atom.